The number of hydrogen-bond donors (Lipinski definition) is 2. The Labute approximate surface area is 118 Å². The molecule has 2 heterocycles. The van der Waals surface area contributed by atoms with Crippen LogP contribution in [-0.2, 0) is 19.1 Å². The molecule has 0 amide bonds. The van der Waals surface area contributed by atoms with E-state index in [-0.39, 0.29) is 16.9 Å². The van der Waals surface area contributed by atoms with Gasteiger partial charge in [-0.25, -0.2) is 4.98 Å². The number of alkyl halides is 3. The fourth-order valence-electron chi connectivity index (χ4n) is 2.35. The van der Waals surface area contributed by atoms with Gasteiger partial charge in [-0.1, -0.05) is 12.1 Å². The van der Waals surface area contributed by atoms with Gasteiger partial charge in [0.1, 0.15) is 5.82 Å². The van der Waals surface area contributed by atoms with Crippen molar-refractivity contribution >= 4 is 0 Å². The third-order valence-corrected chi connectivity index (χ3v) is 3.41. The summed E-state index contributed by atoms with van der Waals surface area (Å²) in [4.78, 5) is 18.8. The average molecular weight is 295 g/mol. The molecular weight excluding hydrogens is 283 g/mol. The van der Waals surface area contributed by atoms with Crippen LogP contribution in [-0.4, -0.2) is 16.5 Å². The molecule has 0 spiro atoms. The summed E-state index contributed by atoms with van der Waals surface area (Å²) in [6, 6.07) is 4.77. The Hall–Kier alpha value is -2.15. The van der Waals surface area contributed by atoms with Crippen molar-refractivity contribution in [2.45, 2.75) is 19.1 Å². The Bertz CT molecular complexity index is 737. The number of benzene rings is 1. The lowest BCUT2D eigenvalue weighted by Gasteiger charge is -2.16. The average Bonchev–Trinajstić information content (AvgIpc) is 2.46. The number of hydrogen-bond acceptors (Lipinski definition) is 3. The highest BCUT2D eigenvalue weighted by atomic mass is 19.4. The largest absolute Gasteiger partial charge is 0.416 e. The second-order valence-electron chi connectivity index (χ2n) is 4.85. The van der Waals surface area contributed by atoms with Crippen LogP contribution < -0.4 is 10.9 Å². The van der Waals surface area contributed by atoms with Gasteiger partial charge in [0.25, 0.3) is 5.56 Å². The summed E-state index contributed by atoms with van der Waals surface area (Å²) in [5, 5.41) is 3.09. The van der Waals surface area contributed by atoms with Crippen LogP contribution in [0, 0.1) is 0 Å². The van der Waals surface area contributed by atoms with E-state index < -0.39 is 11.7 Å². The van der Waals surface area contributed by atoms with Gasteiger partial charge in [-0.05, 0) is 25.1 Å². The zero-order chi connectivity index (χ0) is 15.0. The summed E-state index contributed by atoms with van der Waals surface area (Å²) in [6.07, 6.45) is -3.85. The van der Waals surface area contributed by atoms with Crippen molar-refractivity contribution in [1.82, 2.24) is 15.3 Å². The molecule has 0 fully saturated rings. The molecule has 2 aromatic rings. The molecule has 1 aliphatic heterocycles. The third kappa shape index (κ3) is 2.69. The smallest absolute Gasteiger partial charge is 0.311 e. The first-order chi connectivity index (χ1) is 9.95. The molecule has 0 saturated heterocycles. The number of aromatic nitrogens is 2. The highest BCUT2D eigenvalue weighted by molar-refractivity contribution is 5.56. The molecule has 1 aromatic heterocycles. The second kappa shape index (κ2) is 5.00. The first-order valence-corrected chi connectivity index (χ1v) is 6.45. The van der Waals surface area contributed by atoms with Gasteiger partial charge in [-0.15, -0.1) is 0 Å². The lowest BCUT2D eigenvalue weighted by molar-refractivity contribution is -0.137. The first-order valence-electron chi connectivity index (χ1n) is 6.45. The molecule has 4 nitrogen and oxygen atoms in total. The zero-order valence-corrected chi connectivity index (χ0v) is 10.9. The maximum Gasteiger partial charge on any atom is 0.416 e. The third-order valence-electron chi connectivity index (χ3n) is 3.41. The van der Waals surface area contributed by atoms with Gasteiger partial charge in [-0.3, -0.25) is 4.79 Å². The van der Waals surface area contributed by atoms with Crippen molar-refractivity contribution in [3.8, 4) is 11.4 Å². The number of nitrogens with one attached hydrogen (secondary N) is 2. The summed E-state index contributed by atoms with van der Waals surface area (Å²) in [5.41, 5.74) is 0.393. The van der Waals surface area contributed by atoms with Crippen molar-refractivity contribution in [2.24, 2.45) is 0 Å². The molecule has 21 heavy (non-hydrogen) atoms. The molecule has 2 N–H and O–H groups in total. The minimum atomic E-state index is -4.42. The van der Waals surface area contributed by atoms with Gasteiger partial charge < -0.3 is 10.3 Å². The Balaban J connectivity index is 2.09. The number of H-pyrrole nitrogens is 1. The SMILES string of the molecule is O=c1[nH]c(-c2cccc(C(F)(F)F)c2)nc2c1CCNC2. The standard InChI is InChI=1S/C14H12F3N3O/c15-14(16,17)9-3-1-2-8(6-9)12-19-11-7-18-5-4-10(11)13(21)20-12/h1-3,6,18H,4-5,7H2,(H,19,20,21). The van der Waals surface area contributed by atoms with Gasteiger partial charge in [0, 0.05) is 17.7 Å². The van der Waals surface area contributed by atoms with E-state index in [0.29, 0.717) is 30.8 Å². The van der Waals surface area contributed by atoms with Crippen LogP contribution in [0.3, 0.4) is 0 Å². The molecule has 1 aliphatic rings. The van der Waals surface area contributed by atoms with Crippen LogP contribution in [0.25, 0.3) is 11.4 Å². The molecule has 0 aliphatic carbocycles. The molecule has 0 unspecified atom stereocenters. The summed E-state index contributed by atoms with van der Waals surface area (Å²) >= 11 is 0. The number of fused-ring (bicyclic) bond motifs is 1. The van der Waals surface area contributed by atoms with Gasteiger partial charge in [0.05, 0.1) is 11.3 Å². The number of aromatic amines is 1. The summed E-state index contributed by atoms with van der Waals surface area (Å²) in [7, 11) is 0. The number of nitrogens with zero attached hydrogens (tertiary/aromatic N) is 1. The van der Waals surface area contributed by atoms with E-state index in [2.05, 4.69) is 15.3 Å². The maximum absolute atomic E-state index is 12.7. The Morgan fingerprint density at radius 2 is 2.05 bits per heavy atom. The topological polar surface area (TPSA) is 57.8 Å². The number of halogens is 3. The van der Waals surface area contributed by atoms with E-state index in [1.54, 1.807) is 0 Å². The van der Waals surface area contributed by atoms with E-state index in [9.17, 15) is 18.0 Å². The van der Waals surface area contributed by atoms with Crippen LogP contribution in [0.1, 0.15) is 16.8 Å². The van der Waals surface area contributed by atoms with E-state index in [1.165, 1.54) is 12.1 Å². The van der Waals surface area contributed by atoms with Crippen LogP contribution >= 0.6 is 0 Å². The van der Waals surface area contributed by atoms with Crippen LogP contribution in [0.15, 0.2) is 29.1 Å². The van der Waals surface area contributed by atoms with Crippen LogP contribution in [0.2, 0.25) is 0 Å². The quantitative estimate of drug-likeness (QED) is 0.847. The van der Waals surface area contributed by atoms with E-state index in [4.69, 9.17) is 0 Å². The van der Waals surface area contributed by atoms with Crippen molar-refractivity contribution in [1.29, 1.82) is 0 Å². The molecule has 110 valence electrons. The lowest BCUT2D eigenvalue weighted by Crippen LogP contribution is -2.31. The van der Waals surface area contributed by atoms with Crippen LogP contribution in [0.4, 0.5) is 13.2 Å². The van der Waals surface area contributed by atoms with Crippen molar-refractivity contribution < 1.29 is 13.2 Å². The first kappa shape index (κ1) is 13.8. The Kier molecular flexibility index (Phi) is 3.29. The zero-order valence-electron chi connectivity index (χ0n) is 10.9. The fraction of sp³-hybridized carbons (Fsp3) is 0.286. The normalized spacial score (nSPS) is 14.8. The van der Waals surface area contributed by atoms with Crippen molar-refractivity contribution in [3.05, 3.63) is 51.4 Å². The molecule has 0 bridgehead atoms. The summed E-state index contributed by atoms with van der Waals surface area (Å²) in [5.74, 6) is 0.161. The minimum absolute atomic E-state index is 0.161. The van der Waals surface area contributed by atoms with E-state index >= 15 is 0 Å². The highest BCUT2D eigenvalue weighted by Crippen LogP contribution is 2.31. The van der Waals surface area contributed by atoms with Crippen molar-refractivity contribution in [3.63, 3.8) is 0 Å². The van der Waals surface area contributed by atoms with Gasteiger partial charge >= 0.3 is 6.18 Å². The Morgan fingerprint density at radius 3 is 2.81 bits per heavy atom. The predicted octanol–water partition coefficient (Wildman–Crippen LogP) is 2.10. The summed E-state index contributed by atoms with van der Waals surface area (Å²) in [6.45, 7) is 1.14. The van der Waals surface area contributed by atoms with Crippen molar-refractivity contribution in [2.75, 3.05) is 6.54 Å². The maximum atomic E-state index is 12.7. The summed E-state index contributed by atoms with van der Waals surface area (Å²) < 4.78 is 38.2. The molecule has 3 rings (SSSR count). The molecule has 0 radical (unpaired) electrons. The lowest BCUT2D eigenvalue weighted by atomic mass is 10.1. The highest BCUT2D eigenvalue weighted by Gasteiger charge is 2.30. The van der Waals surface area contributed by atoms with E-state index in [0.717, 1.165) is 12.1 Å². The molecular formula is C14H12F3N3O. The fourth-order valence-corrected chi connectivity index (χ4v) is 2.35. The van der Waals surface area contributed by atoms with Gasteiger partial charge in [-0.2, -0.15) is 13.2 Å². The predicted molar refractivity (Wildman–Crippen MR) is 70.7 cm³/mol. The van der Waals surface area contributed by atoms with Gasteiger partial charge in [0.15, 0.2) is 0 Å². The van der Waals surface area contributed by atoms with Gasteiger partial charge in [0.2, 0.25) is 0 Å². The molecule has 0 saturated carbocycles. The number of rotatable bonds is 1. The minimum Gasteiger partial charge on any atom is -0.311 e. The molecule has 7 heteroatoms. The Morgan fingerprint density at radius 1 is 1.24 bits per heavy atom. The second-order valence-corrected chi connectivity index (χ2v) is 4.85. The van der Waals surface area contributed by atoms with E-state index in [1.807, 2.05) is 0 Å². The van der Waals surface area contributed by atoms with Crippen LogP contribution in [0.5, 0.6) is 0 Å². The monoisotopic (exact) mass is 295 g/mol. The molecule has 0 atom stereocenters. The molecule has 1 aromatic carbocycles.